The van der Waals surface area contributed by atoms with E-state index in [4.69, 9.17) is 0 Å². The van der Waals surface area contributed by atoms with E-state index in [0.717, 1.165) is 32.4 Å². The molecule has 0 saturated carbocycles. The molecule has 1 spiro atoms. The molecule has 4 rings (SSSR count). The van der Waals surface area contributed by atoms with Crippen LogP contribution in [-0.2, 0) is 18.4 Å². The number of nitrogens with one attached hydrogen (secondary N) is 1. The van der Waals surface area contributed by atoms with Gasteiger partial charge in [-0.2, -0.15) is 0 Å². The summed E-state index contributed by atoms with van der Waals surface area (Å²) in [5.74, 6) is -1.31. The Hall–Kier alpha value is -3.43. The highest BCUT2D eigenvalue weighted by Gasteiger charge is 2.42. The van der Waals surface area contributed by atoms with Gasteiger partial charge in [0.15, 0.2) is 5.69 Å². The monoisotopic (exact) mass is 471 g/mol. The number of hydrogen-bond acceptors (Lipinski definition) is 6. The second-order valence-electron chi connectivity index (χ2n) is 9.42. The van der Waals surface area contributed by atoms with Crippen LogP contribution in [0.2, 0.25) is 0 Å². The first kappa shape index (κ1) is 23.7. The molecule has 0 bridgehead atoms. The molecule has 2 amide bonds. The van der Waals surface area contributed by atoms with Gasteiger partial charge in [-0.3, -0.25) is 19.0 Å². The third-order valence-corrected chi connectivity index (χ3v) is 7.12. The summed E-state index contributed by atoms with van der Waals surface area (Å²) >= 11 is 0. The van der Waals surface area contributed by atoms with Crippen LogP contribution in [0.1, 0.15) is 47.8 Å². The van der Waals surface area contributed by atoms with Gasteiger partial charge in [-0.05, 0) is 48.8 Å². The van der Waals surface area contributed by atoms with Crippen LogP contribution in [0.3, 0.4) is 0 Å². The highest BCUT2D eigenvalue weighted by atomic mass is 19.1. The van der Waals surface area contributed by atoms with Gasteiger partial charge in [-0.25, -0.2) is 9.37 Å². The summed E-state index contributed by atoms with van der Waals surface area (Å²) in [6.07, 6.45) is 2.65. The van der Waals surface area contributed by atoms with E-state index in [1.807, 2.05) is 9.80 Å². The fraction of sp³-hybridized carbons (Fsp3) is 0.500. The Bertz CT molecular complexity index is 1190. The Kier molecular flexibility index (Phi) is 6.33. The van der Waals surface area contributed by atoms with Crippen LogP contribution in [0.25, 0.3) is 0 Å². The standard InChI is InChI=1S/C24H30FN5O4/c1-15-12-17(4-5-18(15)25)13-26-21(33)19-20(32)22(34)28(3)23(27-19)29-9-6-24(7-10-29)8-11-30(14-24)16(2)31/h4-5,12,32H,6-11,13-14H2,1-3H3,(H,26,33). The zero-order chi connectivity index (χ0) is 24.6. The summed E-state index contributed by atoms with van der Waals surface area (Å²) in [6.45, 7) is 6.10. The molecule has 182 valence electrons. The van der Waals surface area contributed by atoms with Crippen LogP contribution >= 0.6 is 0 Å². The number of aromatic nitrogens is 2. The largest absolute Gasteiger partial charge is 0.501 e. The van der Waals surface area contributed by atoms with E-state index in [9.17, 15) is 23.9 Å². The number of carbonyl (C=O) groups excluding carboxylic acids is 2. The van der Waals surface area contributed by atoms with Gasteiger partial charge in [0.25, 0.3) is 11.5 Å². The fourth-order valence-electron chi connectivity index (χ4n) is 4.90. The molecule has 2 fully saturated rings. The summed E-state index contributed by atoms with van der Waals surface area (Å²) in [7, 11) is 1.52. The predicted molar refractivity (Wildman–Crippen MR) is 124 cm³/mol. The number of aromatic hydroxyl groups is 1. The third-order valence-electron chi connectivity index (χ3n) is 7.12. The summed E-state index contributed by atoms with van der Waals surface area (Å²) in [5.41, 5.74) is 0.191. The van der Waals surface area contributed by atoms with E-state index < -0.39 is 17.2 Å². The van der Waals surface area contributed by atoms with Crippen LogP contribution in [0.4, 0.5) is 10.3 Å². The van der Waals surface area contributed by atoms with E-state index in [2.05, 4.69) is 10.3 Å². The number of aryl methyl sites for hydroxylation is 1. The third kappa shape index (κ3) is 4.49. The highest BCUT2D eigenvalue weighted by molar-refractivity contribution is 5.95. The van der Waals surface area contributed by atoms with Crippen LogP contribution in [0, 0.1) is 18.2 Å². The fourth-order valence-corrected chi connectivity index (χ4v) is 4.90. The SMILES string of the molecule is CC(=O)N1CCC2(CCN(c3nc(C(=O)NCc4ccc(F)c(C)c4)c(O)c(=O)n3C)CC2)C1. The molecular weight excluding hydrogens is 441 g/mol. The summed E-state index contributed by atoms with van der Waals surface area (Å²) in [4.78, 5) is 45.4. The molecule has 10 heteroatoms. The molecule has 1 aromatic heterocycles. The van der Waals surface area contributed by atoms with E-state index in [1.165, 1.54) is 17.7 Å². The van der Waals surface area contributed by atoms with Gasteiger partial charge in [0, 0.05) is 46.7 Å². The number of likely N-dealkylation sites (tertiary alicyclic amines) is 1. The maximum atomic E-state index is 13.5. The highest BCUT2D eigenvalue weighted by Crippen LogP contribution is 2.41. The Balaban J connectivity index is 1.49. The van der Waals surface area contributed by atoms with Crippen LogP contribution in [-0.4, -0.2) is 57.6 Å². The Morgan fingerprint density at radius 1 is 1.21 bits per heavy atom. The van der Waals surface area contributed by atoms with Crippen molar-refractivity contribution >= 4 is 17.8 Å². The Labute approximate surface area is 197 Å². The van der Waals surface area contributed by atoms with E-state index in [-0.39, 0.29) is 29.4 Å². The minimum atomic E-state index is -0.708. The predicted octanol–water partition coefficient (Wildman–Crippen LogP) is 1.70. The first-order valence-corrected chi connectivity index (χ1v) is 11.4. The zero-order valence-electron chi connectivity index (χ0n) is 19.7. The van der Waals surface area contributed by atoms with Gasteiger partial charge in [-0.15, -0.1) is 0 Å². The Morgan fingerprint density at radius 3 is 2.50 bits per heavy atom. The van der Waals surface area contributed by atoms with E-state index in [1.54, 1.807) is 26.0 Å². The molecule has 0 atom stereocenters. The lowest BCUT2D eigenvalue weighted by molar-refractivity contribution is -0.128. The van der Waals surface area contributed by atoms with Crippen molar-refractivity contribution in [1.29, 1.82) is 0 Å². The second-order valence-corrected chi connectivity index (χ2v) is 9.42. The average molecular weight is 472 g/mol. The van der Waals surface area contributed by atoms with Crippen molar-refractivity contribution in [3.8, 4) is 5.75 Å². The number of benzene rings is 1. The molecule has 0 aliphatic carbocycles. The number of anilines is 1. The normalized spacial score (nSPS) is 17.3. The molecule has 1 aromatic carbocycles. The van der Waals surface area contributed by atoms with Crippen molar-refractivity contribution in [2.45, 2.75) is 39.7 Å². The number of nitrogens with zero attached hydrogens (tertiary/aromatic N) is 4. The van der Waals surface area contributed by atoms with Gasteiger partial charge in [0.1, 0.15) is 5.82 Å². The van der Waals surface area contributed by atoms with Crippen LogP contribution < -0.4 is 15.8 Å². The van der Waals surface area contributed by atoms with Gasteiger partial charge in [-0.1, -0.05) is 12.1 Å². The van der Waals surface area contributed by atoms with Gasteiger partial charge < -0.3 is 20.2 Å². The molecule has 2 aromatic rings. The molecule has 2 N–H and O–H groups in total. The van der Waals surface area contributed by atoms with Crippen molar-refractivity contribution in [1.82, 2.24) is 19.8 Å². The average Bonchev–Trinajstić information content (AvgIpc) is 3.23. The van der Waals surface area contributed by atoms with Crippen molar-refractivity contribution in [3.63, 3.8) is 0 Å². The van der Waals surface area contributed by atoms with Crippen LogP contribution in [0.5, 0.6) is 5.75 Å². The van der Waals surface area contributed by atoms with Crippen molar-refractivity contribution < 1.29 is 19.1 Å². The maximum absolute atomic E-state index is 13.5. The molecule has 2 saturated heterocycles. The first-order valence-electron chi connectivity index (χ1n) is 11.4. The molecular formula is C24H30FN5O4. The number of carbonyl (C=O) groups is 2. The lowest BCUT2D eigenvalue weighted by Gasteiger charge is -2.40. The number of rotatable bonds is 4. The topological polar surface area (TPSA) is 108 Å². The quantitative estimate of drug-likeness (QED) is 0.703. The number of piperidine rings is 1. The molecule has 34 heavy (non-hydrogen) atoms. The maximum Gasteiger partial charge on any atom is 0.297 e. The molecule has 0 unspecified atom stereocenters. The smallest absolute Gasteiger partial charge is 0.297 e. The van der Waals surface area contributed by atoms with Gasteiger partial charge >= 0.3 is 0 Å². The molecule has 3 heterocycles. The summed E-state index contributed by atoms with van der Waals surface area (Å²) in [6, 6.07) is 4.51. The van der Waals surface area contributed by atoms with Crippen molar-refractivity contribution in [2.75, 3.05) is 31.1 Å². The van der Waals surface area contributed by atoms with Crippen LogP contribution in [0.15, 0.2) is 23.0 Å². The second kappa shape index (κ2) is 9.08. The minimum Gasteiger partial charge on any atom is -0.501 e. The number of amides is 2. The summed E-state index contributed by atoms with van der Waals surface area (Å²) < 4.78 is 14.7. The Morgan fingerprint density at radius 2 is 1.88 bits per heavy atom. The van der Waals surface area contributed by atoms with Gasteiger partial charge in [0.05, 0.1) is 0 Å². The van der Waals surface area contributed by atoms with E-state index in [0.29, 0.717) is 30.2 Å². The molecule has 2 aliphatic rings. The molecule has 9 nitrogen and oxygen atoms in total. The van der Waals surface area contributed by atoms with Crippen molar-refractivity contribution in [2.24, 2.45) is 12.5 Å². The van der Waals surface area contributed by atoms with E-state index >= 15 is 0 Å². The summed E-state index contributed by atoms with van der Waals surface area (Å²) in [5, 5.41) is 13.0. The molecule has 0 radical (unpaired) electrons. The minimum absolute atomic E-state index is 0.0749. The lowest BCUT2D eigenvalue weighted by atomic mass is 9.78. The zero-order valence-corrected chi connectivity index (χ0v) is 19.7. The lowest BCUT2D eigenvalue weighted by Crippen LogP contribution is -2.44. The number of halogens is 1. The molecule has 2 aliphatic heterocycles. The van der Waals surface area contributed by atoms with Crippen molar-refractivity contribution in [3.05, 3.63) is 51.2 Å². The number of hydrogen-bond donors (Lipinski definition) is 2. The first-order chi connectivity index (χ1) is 16.1. The van der Waals surface area contributed by atoms with Gasteiger partial charge in [0.2, 0.25) is 17.6 Å².